The molecule has 0 saturated carbocycles. The molecule has 0 bridgehead atoms. The third-order valence-corrected chi connectivity index (χ3v) is 3.40. The van der Waals surface area contributed by atoms with Gasteiger partial charge in [0.05, 0.1) is 0 Å². The molecular weight excluding hydrogens is 298 g/mol. The molecule has 96 valence electrons. The molecule has 0 aliphatic carbocycles. The van der Waals surface area contributed by atoms with Crippen molar-refractivity contribution in [1.29, 1.82) is 0 Å². The summed E-state index contributed by atoms with van der Waals surface area (Å²) < 4.78 is 0.863. The van der Waals surface area contributed by atoms with Gasteiger partial charge in [-0.3, -0.25) is 0 Å². The third kappa shape index (κ3) is 6.27. The number of hydrogen-bond acceptors (Lipinski definition) is 4. The predicted octanol–water partition coefficient (Wildman–Crippen LogP) is 3.75. The number of hydrogen-bond donors (Lipinski definition) is 1. The van der Waals surface area contributed by atoms with E-state index in [1.807, 2.05) is 17.8 Å². The van der Waals surface area contributed by atoms with Crippen molar-refractivity contribution in [3.05, 3.63) is 16.5 Å². The quantitative estimate of drug-likeness (QED) is 0.585. The van der Waals surface area contributed by atoms with Gasteiger partial charge in [0, 0.05) is 19.0 Å². The number of thioether (sulfide) groups is 1. The number of aryl methyl sites for hydroxylation is 1. The van der Waals surface area contributed by atoms with Gasteiger partial charge in [-0.05, 0) is 47.2 Å². The van der Waals surface area contributed by atoms with Gasteiger partial charge in [0.25, 0.3) is 0 Å². The minimum absolute atomic E-state index is 0.863. The SMILES string of the molecule is CCCc1nc(Br)cc(NCCCCSC)n1. The lowest BCUT2D eigenvalue weighted by Gasteiger charge is -2.07. The van der Waals surface area contributed by atoms with E-state index in [-0.39, 0.29) is 0 Å². The van der Waals surface area contributed by atoms with Crippen molar-refractivity contribution in [2.75, 3.05) is 23.9 Å². The van der Waals surface area contributed by atoms with Gasteiger partial charge in [-0.25, -0.2) is 9.97 Å². The van der Waals surface area contributed by atoms with Crippen LogP contribution in [-0.2, 0) is 6.42 Å². The average molecular weight is 318 g/mol. The highest BCUT2D eigenvalue weighted by Gasteiger charge is 2.01. The topological polar surface area (TPSA) is 37.8 Å². The molecule has 0 amide bonds. The van der Waals surface area contributed by atoms with Gasteiger partial charge in [0.2, 0.25) is 0 Å². The summed E-state index contributed by atoms with van der Waals surface area (Å²) in [6.45, 7) is 3.12. The fraction of sp³-hybridized carbons (Fsp3) is 0.667. The number of aromatic nitrogens is 2. The van der Waals surface area contributed by atoms with Gasteiger partial charge in [-0.1, -0.05) is 6.92 Å². The molecule has 1 aromatic heterocycles. The average Bonchev–Trinajstić information content (AvgIpc) is 2.28. The minimum Gasteiger partial charge on any atom is -0.370 e. The lowest BCUT2D eigenvalue weighted by atomic mass is 10.3. The van der Waals surface area contributed by atoms with Crippen LogP contribution in [0, 0.1) is 0 Å². The summed E-state index contributed by atoms with van der Waals surface area (Å²) in [7, 11) is 0. The number of nitrogens with zero attached hydrogens (tertiary/aromatic N) is 2. The van der Waals surface area contributed by atoms with Crippen LogP contribution in [0.2, 0.25) is 0 Å². The molecule has 5 heteroatoms. The van der Waals surface area contributed by atoms with Gasteiger partial charge in [-0.15, -0.1) is 0 Å². The molecule has 1 N–H and O–H groups in total. The van der Waals surface area contributed by atoms with Crippen molar-refractivity contribution in [2.45, 2.75) is 32.6 Å². The van der Waals surface area contributed by atoms with E-state index in [1.54, 1.807) is 0 Å². The zero-order valence-electron chi connectivity index (χ0n) is 10.5. The maximum atomic E-state index is 4.48. The molecule has 0 atom stereocenters. The van der Waals surface area contributed by atoms with Crippen molar-refractivity contribution in [3.8, 4) is 0 Å². The smallest absolute Gasteiger partial charge is 0.132 e. The zero-order valence-corrected chi connectivity index (χ0v) is 12.9. The molecule has 0 aliphatic heterocycles. The van der Waals surface area contributed by atoms with Gasteiger partial charge in [0.1, 0.15) is 16.2 Å². The monoisotopic (exact) mass is 317 g/mol. The fourth-order valence-corrected chi connectivity index (χ4v) is 2.39. The van der Waals surface area contributed by atoms with Gasteiger partial charge in [0.15, 0.2) is 0 Å². The van der Waals surface area contributed by atoms with Crippen LogP contribution in [-0.4, -0.2) is 28.5 Å². The van der Waals surface area contributed by atoms with Crippen LogP contribution in [0.3, 0.4) is 0 Å². The molecule has 0 fully saturated rings. The van der Waals surface area contributed by atoms with Crippen molar-refractivity contribution < 1.29 is 0 Å². The molecule has 1 heterocycles. The molecule has 17 heavy (non-hydrogen) atoms. The summed E-state index contributed by atoms with van der Waals surface area (Å²) in [6, 6.07) is 1.94. The first-order chi connectivity index (χ1) is 8.26. The molecule has 3 nitrogen and oxygen atoms in total. The number of halogens is 1. The summed E-state index contributed by atoms with van der Waals surface area (Å²) in [5, 5.41) is 3.35. The number of anilines is 1. The van der Waals surface area contributed by atoms with Crippen LogP contribution in [0.1, 0.15) is 32.0 Å². The Hall–Kier alpha value is -0.290. The predicted molar refractivity (Wildman–Crippen MR) is 79.8 cm³/mol. The first-order valence-corrected chi connectivity index (χ1v) is 8.21. The molecule has 0 aromatic carbocycles. The van der Waals surface area contributed by atoms with E-state index in [0.29, 0.717) is 0 Å². The fourth-order valence-electron chi connectivity index (χ4n) is 1.48. The minimum atomic E-state index is 0.863. The van der Waals surface area contributed by atoms with E-state index >= 15 is 0 Å². The van der Waals surface area contributed by atoms with Crippen molar-refractivity contribution in [1.82, 2.24) is 9.97 Å². The Morgan fingerprint density at radius 2 is 2.18 bits per heavy atom. The molecule has 1 rings (SSSR count). The molecule has 0 spiro atoms. The maximum absolute atomic E-state index is 4.48. The van der Waals surface area contributed by atoms with Crippen LogP contribution in [0.25, 0.3) is 0 Å². The first kappa shape index (κ1) is 14.8. The first-order valence-electron chi connectivity index (χ1n) is 6.02. The normalized spacial score (nSPS) is 10.5. The van der Waals surface area contributed by atoms with Crippen molar-refractivity contribution in [2.24, 2.45) is 0 Å². The highest BCUT2D eigenvalue weighted by atomic mass is 79.9. The lowest BCUT2D eigenvalue weighted by Crippen LogP contribution is -2.06. The van der Waals surface area contributed by atoms with E-state index in [2.05, 4.69) is 44.4 Å². The van der Waals surface area contributed by atoms with Crippen LogP contribution in [0.5, 0.6) is 0 Å². The van der Waals surface area contributed by atoms with Crippen molar-refractivity contribution >= 4 is 33.5 Å². The molecule has 1 aromatic rings. The summed E-state index contributed by atoms with van der Waals surface area (Å²) in [6.07, 6.45) is 6.59. The van der Waals surface area contributed by atoms with E-state index < -0.39 is 0 Å². The Morgan fingerprint density at radius 1 is 1.35 bits per heavy atom. The van der Waals surface area contributed by atoms with Crippen LogP contribution in [0.4, 0.5) is 5.82 Å². The summed E-state index contributed by atoms with van der Waals surface area (Å²) in [5.41, 5.74) is 0. The summed E-state index contributed by atoms with van der Waals surface area (Å²) in [5.74, 6) is 3.07. The standard InChI is InChI=1S/C12H20BrN3S/c1-3-6-11-15-10(13)9-12(16-11)14-7-4-5-8-17-2/h9H,3-8H2,1-2H3,(H,14,15,16). The Bertz CT molecular complexity index is 334. The second kappa shape index (κ2) is 8.75. The Kier molecular flexibility index (Phi) is 7.60. The molecular formula is C12H20BrN3S. The van der Waals surface area contributed by atoms with Crippen LogP contribution < -0.4 is 5.32 Å². The number of nitrogens with one attached hydrogen (secondary N) is 1. The zero-order chi connectivity index (χ0) is 12.5. The van der Waals surface area contributed by atoms with Crippen LogP contribution >= 0.6 is 27.7 Å². The Morgan fingerprint density at radius 3 is 2.88 bits per heavy atom. The molecule has 0 radical (unpaired) electrons. The van der Waals surface area contributed by atoms with Gasteiger partial charge in [-0.2, -0.15) is 11.8 Å². The Labute approximate surface area is 116 Å². The van der Waals surface area contributed by atoms with E-state index in [4.69, 9.17) is 0 Å². The largest absolute Gasteiger partial charge is 0.370 e. The van der Waals surface area contributed by atoms with E-state index in [9.17, 15) is 0 Å². The van der Waals surface area contributed by atoms with E-state index in [1.165, 1.54) is 18.6 Å². The Balaban J connectivity index is 2.41. The number of rotatable bonds is 8. The van der Waals surface area contributed by atoms with Gasteiger partial charge >= 0.3 is 0 Å². The van der Waals surface area contributed by atoms with Crippen LogP contribution in [0.15, 0.2) is 10.7 Å². The van der Waals surface area contributed by atoms with Gasteiger partial charge < -0.3 is 5.32 Å². The second-order valence-electron chi connectivity index (χ2n) is 3.87. The maximum Gasteiger partial charge on any atom is 0.132 e. The highest BCUT2D eigenvalue weighted by molar-refractivity contribution is 9.10. The third-order valence-electron chi connectivity index (χ3n) is 2.30. The number of unbranched alkanes of at least 4 members (excludes halogenated alkanes) is 1. The second-order valence-corrected chi connectivity index (χ2v) is 5.67. The summed E-state index contributed by atoms with van der Waals surface area (Å²) in [4.78, 5) is 8.83. The molecule has 0 unspecified atom stereocenters. The highest BCUT2D eigenvalue weighted by Crippen LogP contribution is 2.13. The molecule has 0 aliphatic rings. The van der Waals surface area contributed by atoms with Crippen molar-refractivity contribution in [3.63, 3.8) is 0 Å². The van der Waals surface area contributed by atoms with E-state index in [0.717, 1.165) is 35.6 Å². The summed E-state index contributed by atoms with van der Waals surface area (Å²) >= 11 is 5.32. The molecule has 0 saturated heterocycles. The lowest BCUT2D eigenvalue weighted by molar-refractivity contribution is 0.813.